The average Bonchev–Trinajstić information content (AvgIpc) is 3.54. The fourth-order valence-electron chi connectivity index (χ4n) is 4.62. The van der Waals surface area contributed by atoms with Gasteiger partial charge in [0.1, 0.15) is 5.57 Å². The highest BCUT2D eigenvalue weighted by molar-refractivity contribution is 6.44. The largest absolute Gasteiger partial charge is 0.376 e. The number of aromatic amines is 1. The SMILES string of the molecule is CC(C)c1[nH]n(-c2ccc(Cl)cc2)c(=O)c1C1=C([n+]2ccccc2)C(=O)N(CC2CCCO2)C1=O. The van der Waals surface area contributed by atoms with Gasteiger partial charge in [-0.15, -0.1) is 0 Å². The second-order valence-corrected chi connectivity index (χ2v) is 9.47. The maximum Gasteiger partial charge on any atom is 0.327 e. The van der Waals surface area contributed by atoms with Gasteiger partial charge in [-0.1, -0.05) is 31.5 Å². The Bertz CT molecular complexity index is 1370. The summed E-state index contributed by atoms with van der Waals surface area (Å²) < 4.78 is 8.69. The number of imide groups is 1. The van der Waals surface area contributed by atoms with Gasteiger partial charge in [0.05, 0.1) is 23.9 Å². The lowest BCUT2D eigenvalue weighted by Crippen LogP contribution is -2.42. The van der Waals surface area contributed by atoms with E-state index < -0.39 is 17.4 Å². The Morgan fingerprint density at radius 1 is 1.09 bits per heavy atom. The predicted octanol–water partition coefficient (Wildman–Crippen LogP) is 3.15. The van der Waals surface area contributed by atoms with E-state index >= 15 is 0 Å². The van der Waals surface area contributed by atoms with E-state index in [1.807, 2.05) is 19.9 Å². The summed E-state index contributed by atoms with van der Waals surface area (Å²) in [6.45, 7) is 4.64. The molecule has 0 bridgehead atoms. The van der Waals surface area contributed by atoms with Gasteiger partial charge in [0.2, 0.25) is 0 Å². The second kappa shape index (κ2) is 9.28. The van der Waals surface area contributed by atoms with Crippen LogP contribution in [0.2, 0.25) is 5.02 Å². The molecule has 2 aromatic heterocycles. The molecule has 1 N–H and O–H groups in total. The number of halogens is 1. The molecule has 2 aliphatic heterocycles. The fourth-order valence-corrected chi connectivity index (χ4v) is 4.75. The number of rotatable bonds is 6. The third kappa shape index (κ3) is 4.13. The first-order valence-corrected chi connectivity index (χ1v) is 12.0. The maximum absolute atomic E-state index is 13.8. The van der Waals surface area contributed by atoms with Crippen molar-refractivity contribution in [2.75, 3.05) is 13.2 Å². The lowest BCUT2D eigenvalue weighted by Gasteiger charge is -2.18. The number of hydrogen-bond acceptors (Lipinski definition) is 4. The minimum atomic E-state index is -0.488. The van der Waals surface area contributed by atoms with Crippen LogP contribution in [0, 0.1) is 0 Å². The fraction of sp³-hybridized carbons (Fsp3) is 0.308. The van der Waals surface area contributed by atoms with Crippen LogP contribution < -0.4 is 10.1 Å². The van der Waals surface area contributed by atoms with Crippen molar-refractivity contribution in [2.24, 2.45) is 0 Å². The summed E-state index contributed by atoms with van der Waals surface area (Å²) in [5, 5.41) is 3.71. The molecule has 3 aromatic rings. The van der Waals surface area contributed by atoms with Gasteiger partial charge in [-0.2, -0.15) is 4.57 Å². The lowest BCUT2D eigenvalue weighted by molar-refractivity contribution is -0.576. The Balaban J connectivity index is 1.71. The Labute approximate surface area is 207 Å². The van der Waals surface area contributed by atoms with Crippen LogP contribution in [-0.4, -0.2) is 45.8 Å². The molecule has 9 heteroatoms. The number of ether oxygens (including phenoxy) is 1. The molecule has 2 aliphatic rings. The molecule has 1 unspecified atom stereocenters. The third-order valence-electron chi connectivity index (χ3n) is 6.36. The molecule has 1 aromatic carbocycles. The maximum atomic E-state index is 13.8. The Morgan fingerprint density at radius 3 is 2.43 bits per heavy atom. The van der Waals surface area contributed by atoms with Gasteiger partial charge in [-0.3, -0.25) is 24.4 Å². The highest BCUT2D eigenvalue weighted by Gasteiger charge is 2.48. The Kier molecular flexibility index (Phi) is 6.17. The third-order valence-corrected chi connectivity index (χ3v) is 6.61. The Morgan fingerprint density at radius 2 is 1.80 bits per heavy atom. The summed E-state index contributed by atoms with van der Waals surface area (Å²) in [4.78, 5) is 42.4. The molecule has 35 heavy (non-hydrogen) atoms. The first kappa shape index (κ1) is 23.3. The van der Waals surface area contributed by atoms with E-state index in [0.29, 0.717) is 23.0 Å². The van der Waals surface area contributed by atoms with E-state index in [9.17, 15) is 14.4 Å². The normalized spacial score (nSPS) is 18.4. The number of hydrogen-bond donors (Lipinski definition) is 1. The minimum Gasteiger partial charge on any atom is -0.376 e. The van der Waals surface area contributed by atoms with E-state index in [0.717, 1.165) is 12.8 Å². The molecule has 1 saturated heterocycles. The second-order valence-electron chi connectivity index (χ2n) is 9.03. The van der Waals surface area contributed by atoms with Gasteiger partial charge in [0, 0.05) is 29.5 Å². The summed E-state index contributed by atoms with van der Waals surface area (Å²) in [5.74, 6) is -1.04. The minimum absolute atomic E-state index is 0.0989. The van der Waals surface area contributed by atoms with E-state index in [-0.39, 0.29) is 35.4 Å². The van der Waals surface area contributed by atoms with E-state index in [2.05, 4.69) is 5.10 Å². The quantitative estimate of drug-likeness (QED) is 0.422. The van der Waals surface area contributed by atoms with Crippen molar-refractivity contribution in [3.63, 3.8) is 0 Å². The number of aromatic nitrogens is 3. The van der Waals surface area contributed by atoms with E-state index in [1.165, 1.54) is 9.58 Å². The van der Waals surface area contributed by atoms with E-state index in [4.69, 9.17) is 16.3 Å². The van der Waals surface area contributed by atoms with E-state index in [1.54, 1.807) is 53.4 Å². The lowest BCUT2D eigenvalue weighted by atomic mass is 9.98. The molecule has 8 nitrogen and oxygen atoms in total. The Hall–Kier alpha value is -3.49. The molecule has 1 fully saturated rings. The summed E-state index contributed by atoms with van der Waals surface area (Å²) in [5.41, 5.74) is 1.22. The number of H-pyrrole nitrogens is 1. The average molecular weight is 494 g/mol. The van der Waals surface area contributed by atoms with Crippen LogP contribution in [0.25, 0.3) is 17.0 Å². The van der Waals surface area contributed by atoms with Crippen molar-refractivity contribution in [2.45, 2.75) is 38.7 Å². The number of benzene rings is 1. The highest BCUT2D eigenvalue weighted by atomic mass is 35.5. The summed E-state index contributed by atoms with van der Waals surface area (Å²) in [6, 6.07) is 12.2. The molecule has 1 atom stereocenters. The molecule has 0 aliphatic carbocycles. The number of carbonyl (C=O) groups excluding carboxylic acids is 2. The first-order chi connectivity index (χ1) is 16.9. The molecule has 0 spiro atoms. The summed E-state index contributed by atoms with van der Waals surface area (Å²) >= 11 is 6.03. The van der Waals surface area contributed by atoms with Crippen LogP contribution in [0.3, 0.4) is 0 Å². The van der Waals surface area contributed by atoms with Crippen molar-refractivity contribution >= 4 is 34.7 Å². The summed E-state index contributed by atoms with van der Waals surface area (Å²) in [6.07, 6.45) is 4.88. The van der Waals surface area contributed by atoms with Crippen molar-refractivity contribution in [3.05, 3.63) is 81.5 Å². The molecule has 4 heterocycles. The molecule has 180 valence electrons. The van der Waals surface area contributed by atoms with Crippen LogP contribution in [-0.2, 0) is 14.3 Å². The van der Waals surface area contributed by atoms with Gasteiger partial charge < -0.3 is 4.74 Å². The molecular formula is C26H26ClN4O4+. The first-order valence-electron chi connectivity index (χ1n) is 11.7. The van der Waals surface area contributed by atoms with Gasteiger partial charge in [-0.05, 0) is 43.0 Å². The van der Waals surface area contributed by atoms with Crippen LogP contribution >= 0.6 is 11.6 Å². The van der Waals surface area contributed by atoms with Gasteiger partial charge in [0.15, 0.2) is 12.4 Å². The van der Waals surface area contributed by atoms with Crippen molar-refractivity contribution in [1.82, 2.24) is 14.7 Å². The van der Waals surface area contributed by atoms with Crippen molar-refractivity contribution in [3.8, 4) is 5.69 Å². The molecule has 5 rings (SSSR count). The number of pyridine rings is 1. The molecule has 2 amide bonds. The predicted molar refractivity (Wildman–Crippen MR) is 131 cm³/mol. The van der Waals surface area contributed by atoms with Gasteiger partial charge in [-0.25, -0.2) is 4.68 Å². The summed E-state index contributed by atoms with van der Waals surface area (Å²) in [7, 11) is 0. The van der Waals surface area contributed by atoms with Crippen molar-refractivity contribution < 1.29 is 18.9 Å². The van der Waals surface area contributed by atoms with Crippen LogP contribution in [0.5, 0.6) is 0 Å². The van der Waals surface area contributed by atoms with Gasteiger partial charge in [0.25, 0.3) is 17.2 Å². The molecule has 0 saturated carbocycles. The van der Waals surface area contributed by atoms with Crippen LogP contribution in [0.1, 0.15) is 43.9 Å². The molecular weight excluding hydrogens is 468 g/mol. The number of nitrogens with zero attached hydrogens (tertiary/aromatic N) is 3. The smallest absolute Gasteiger partial charge is 0.327 e. The number of amides is 2. The highest BCUT2D eigenvalue weighted by Crippen LogP contribution is 2.33. The van der Waals surface area contributed by atoms with Gasteiger partial charge >= 0.3 is 5.91 Å². The zero-order valence-electron chi connectivity index (χ0n) is 19.5. The molecule has 0 radical (unpaired) electrons. The standard InChI is InChI=1S/C26H25ClN4O4/c1-16(2)22-20(25(33)31(28-22)18-10-8-17(27)9-11-18)21-23(29-12-4-3-5-13-29)26(34)30(24(21)32)15-19-7-6-14-35-19/h3-5,8-13,16,19H,6-7,14-15H2,1-2H3/p+1. The zero-order valence-corrected chi connectivity index (χ0v) is 20.3. The van der Waals surface area contributed by atoms with Crippen LogP contribution in [0.15, 0.2) is 59.7 Å². The number of carbonyl (C=O) groups is 2. The zero-order chi connectivity index (χ0) is 24.7. The topological polar surface area (TPSA) is 88.3 Å². The van der Waals surface area contributed by atoms with Crippen molar-refractivity contribution in [1.29, 1.82) is 0 Å². The monoisotopic (exact) mass is 493 g/mol. The number of nitrogens with one attached hydrogen (secondary N) is 1. The van der Waals surface area contributed by atoms with Crippen LogP contribution in [0.4, 0.5) is 0 Å².